The van der Waals surface area contributed by atoms with Gasteiger partial charge in [-0.15, -0.1) is 0 Å². The Balaban J connectivity index is 0. The second-order valence-electron chi connectivity index (χ2n) is 0. The maximum absolute atomic E-state index is 0. The summed E-state index contributed by atoms with van der Waals surface area (Å²) in [5, 5.41) is 0. The third-order valence-electron chi connectivity index (χ3n) is 0. The van der Waals surface area contributed by atoms with Gasteiger partial charge in [0, 0.05) is 0 Å². The van der Waals surface area contributed by atoms with E-state index in [0.29, 0.717) is 0 Å². The van der Waals surface area contributed by atoms with E-state index in [-0.39, 0.29) is 312 Å². The van der Waals surface area contributed by atoms with E-state index in [1.165, 1.54) is 0 Å². The van der Waals surface area contributed by atoms with Crippen molar-refractivity contribution in [2.75, 3.05) is 0 Å². The van der Waals surface area contributed by atoms with E-state index in [2.05, 4.69) is 0 Å². The van der Waals surface area contributed by atoms with Crippen molar-refractivity contribution in [3.63, 3.8) is 0 Å². The number of hydrogen-bond acceptors (Lipinski definition) is 0. The molecule has 0 heteroatoms. The first kappa shape index (κ1) is 0. The van der Waals surface area contributed by atoms with E-state index in [0.717, 1.165) is 0 Å². The summed E-state index contributed by atoms with van der Waals surface area (Å²) >= 11 is 0. The fourth-order valence-electron chi connectivity index (χ4n) is 0. The van der Waals surface area contributed by atoms with Gasteiger partial charge >= 0.3 is 0 Å². The van der Waals surface area contributed by atoms with Gasteiger partial charge in [0.15, 0.2) is 0 Å². The Labute approximate surface area is 311 Å². The van der Waals surface area contributed by atoms with Crippen LogP contribution in [-0.2, 0) is 0 Å². The maximum Gasteiger partial charge on any atom is -0.0776 e. The fourth-order valence-corrected chi connectivity index (χ4v) is 0. The zero-order chi connectivity index (χ0) is 0. The van der Waals surface area contributed by atoms with E-state index >= 15 is 0 Å². The molecule has 0 aliphatic carbocycles. The van der Waals surface area contributed by atoms with Gasteiger partial charge in [-0.05, 0) is 0 Å². The molecule has 0 amide bonds. The van der Waals surface area contributed by atoms with Crippen LogP contribution in [0, 0.1) is 0 Å². The molecule has 0 aromatic heterocycles. The van der Waals surface area contributed by atoms with Crippen LogP contribution in [0.5, 0.6) is 0 Å². The Morgan fingerprint density at radius 2 is 0.0238 bits per heavy atom. The second kappa shape index (κ2) is 0. The quantitative estimate of drug-likeness (QED) is 0.240. The van der Waals surface area contributed by atoms with Crippen LogP contribution in [0.3, 0.4) is 0 Å². The van der Waals surface area contributed by atoms with E-state index in [9.17, 15) is 0 Å². The first-order chi connectivity index (χ1) is 0. The molecule has 42 heavy (non-hydrogen) atoms. The Bertz CT molecular complexity index is 0. The second-order valence-corrected chi connectivity index (χ2v) is 0. The molecule has 336 valence electrons. The largest absolute Gasteiger partial charge is 0.0776 e. The summed E-state index contributed by atoms with van der Waals surface area (Å²) in [6.07, 6.45) is 0. The molecule has 0 N–H and O–H groups in total. The van der Waals surface area contributed by atoms with Crippen LogP contribution in [0.2, 0.25) is 0 Å². The third kappa shape index (κ3) is 0. The molecule has 0 saturated heterocycles. The van der Waals surface area contributed by atoms with Crippen molar-refractivity contribution >= 4 is 0 Å². The monoisotopic (exact) mass is 673 g/mol. The molecule has 0 rings (SSSR count). The Kier molecular flexibility index (Phi) is 0. The van der Waals surface area contributed by atoms with Crippen LogP contribution in [0.4, 0.5) is 0 Å². The number of rotatable bonds is 0. The summed E-state index contributed by atoms with van der Waals surface area (Å²) in [7, 11) is 0. The van der Waals surface area contributed by atoms with Crippen molar-refractivity contribution in [2.24, 2.45) is 0 Å². The molecule has 0 aromatic rings. The fraction of sp³-hybridized carbons (Fsp3) is 1.00. The van der Waals surface area contributed by atoms with Crippen LogP contribution in [-0.4, -0.2) is 0 Å². The number of hydrogen-bond donors (Lipinski definition) is 0. The molecule has 0 spiro atoms. The molecule has 0 saturated carbocycles. The van der Waals surface area contributed by atoms with Gasteiger partial charge in [-0.2, -0.15) is 0 Å². The van der Waals surface area contributed by atoms with Gasteiger partial charge in [0.05, 0.1) is 0 Å². The van der Waals surface area contributed by atoms with Gasteiger partial charge in [-0.3, -0.25) is 0 Å². The molecule has 0 unspecified atom stereocenters. The summed E-state index contributed by atoms with van der Waals surface area (Å²) in [5.41, 5.74) is 0. The Morgan fingerprint density at radius 1 is 0.0238 bits per heavy atom. The van der Waals surface area contributed by atoms with Crippen LogP contribution in [0.1, 0.15) is 312 Å². The molecule has 0 nitrogen and oxygen atoms in total. The summed E-state index contributed by atoms with van der Waals surface area (Å²) < 4.78 is 0. The lowest BCUT2D eigenvalue weighted by atomic mass is 12.0. The highest BCUT2D eigenvalue weighted by molar-refractivity contribution is 2.54. The molecule has 0 aromatic carbocycles. The highest BCUT2D eigenvalue weighted by atomic mass is 12.1. The minimum atomic E-state index is 0. The summed E-state index contributed by atoms with van der Waals surface area (Å²) in [4.78, 5) is 0. The zero-order valence-corrected chi connectivity index (χ0v) is 0. The molecule has 0 atom stereocenters. The van der Waals surface area contributed by atoms with Crippen molar-refractivity contribution in [2.45, 2.75) is 312 Å². The Hall–Kier alpha value is 0. The third-order valence-corrected chi connectivity index (χ3v) is 0. The van der Waals surface area contributed by atoms with Crippen molar-refractivity contribution in [3.05, 3.63) is 0 Å². The molecule has 0 heterocycles. The minimum absolute atomic E-state index is 0. The van der Waals surface area contributed by atoms with Gasteiger partial charge in [-0.1, -0.05) is 312 Å². The molecular weight excluding hydrogens is 504 g/mol. The predicted octanol–water partition coefficient (Wildman–Crippen LogP) is 26.7. The normalized spacial score (nSPS) is 0. The standard InChI is InChI=1S/42CH4/h42*1H4. The van der Waals surface area contributed by atoms with Crippen molar-refractivity contribution in [1.82, 2.24) is 0 Å². The van der Waals surface area contributed by atoms with Gasteiger partial charge in [0.2, 0.25) is 0 Å². The van der Waals surface area contributed by atoms with E-state index in [4.69, 9.17) is 0 Å². The van der Waals surface area contributed by atoms with Crippen molar-refractivity contribution < 1.29 is 0 Å². The molecule has 0 radical (unpaired) electrons. The van der Waals surface area contributed by atoms with Gasteiger partial charge in [0.1, 0.15) is 0 Å². The van der Waals surface area contributed by atoms with Crippen LogP contribution >= 0.6 is 0 Å². The summed E-state index contributed by atoms with van der Waals surface area (Å²) in [6, 6.07) is 0. The molecule has 0 bridgehead atoms. The SMILES string of the molecule is C.C.C.C.C.C.C.C.C.C.C.C.C.C.C.C.C.C.C.C.C.C.C.C.C.C.C.C.C.C.C.C.C.C.C.C.C.C.C.C.C.C. The zero-order valence-electron chi connectivity index (χ0n) is 0. The summed E-state index contributed by atoms with van der Waals surface area (Å²) in [5.74, 6) is 0. The highest BCUT2D eigenvalue weighted by Crippen LogP contribution is 0.185. The average Bonchev–Trinajstić information content (AvgIpc) is 0. The average molecular weight is 674 g/mol. The lowest BCUT2D eigenvalue weighted by molar-refractivity contribution is 2.50. The van der Waals surface area contributed by atoms with Crippen LogP contribution in [0.25, 0.3) is 0 Å². The highest BCUT2D eigenvalue weighted by Gasteiger charge is -0.0366. The van der Waals surface area contributed by atoms with E-state index < -0.39 is 0 Å². The first-order valence-corrected chi connectivity index (χ1v) is 0. The smallest absolute Gasteiger partial charge is 0.0776 e. The lowest BCUT2D eigenvalue weighted by Crippen LogP contribution is 0.143. The van der Waals surface area contributed by atoms with E-state index in [1.54, 1.807) is 0 Å². The van der Waals surface area contributed by atoms with Gasteiger partial charge < -0.3 is 0 Å². The molecular formula is C42H168. The topological polar surface area (TPSA) is 0 Å². The summed E-state index contributed by atoms with van der Waals surface area (Å²) in [6.45, 7) is 0. The van der Waals surface area contributed by atoms with Crippen LogP contribution in [0.15, 0.2) is 0 Å². The Morgan fingerprint density at radius 3 is 0.0238 bits per heavy atom. The minimum Gasteiger partial charge on any atom is -0.0776 e. The van der Waals surface area contributed by atoms with Crippen LogP contribution < -0.4 is 0 Å². The molecule has 0 fully saturated rings. The van der Waals surface area contributed by atoms with Gasteiger partial charge in [-0.25, -0.2) is 0 Å². The lowest BCUT2D eigenvalue weighted by Gasteiger charge is -0.0786. The van der Waals surface area contributed by atoms with E-state index in [1.807, 2.05) is 0 Å². The maximum atomic E-state index is 0. The predicted molar refractivity (Wildman–Crippen MR) is 283 cm³/mol. The molecule has 0 aliphatic heterocycles. The molecule has 0 aliphatic rings. The van der Waals surface area contributed by atoms with Crippen molar-refractivity contribution in [3.8, 4) is 0 Å². The van der Waals surface area contributed by atoms with Gasteiger partial charge in [0.25, 0.3) is 0 Å². The first-order valence-electron chi connectivity index (χ1n) is 0. The van der Waals surface area contributed by atoms with Crippen molar-refractivity contribution in [1.29, 1.82) is 0 Å².